The molecule has 25 heavy (non-hydrogen) atoms. The van der Waals surface area contributed by atoms with Gasteiger partial charge in [0, 0.05) is 13.1 Å². The maximum absolute atomic E-state index is 13.0. The molecule has 0 unspecified atom stereocenters. The molecule has 1 aromatic heterocycles. The van der Waals surface area contributed by atoms with Crippen LogP contribution in [-0.2, 0) is 13.0 Å². The predicted molar refractivity (Wildman–Crippen MR) is 90.3 cm³/mol. The van der Waals surface area contributed by atoms with Crippen molar-refractivity contribution < 1.29 is 13.7 Å². The molecular weight excluding hydrogens is 323 g/mol. The summed E-state index contributed by atoms with van der Waals surface area (Å²) >= 11 is 0. The van der Waals surface area contributed by atoms with Crippen molar-refractivity contribution in [3.05, 3.63) is 47.4 Å². The summed E-state index contributed by atoms with van der Waals surface area (Å²) in [5.74, 6) is 1.12. The Morgan fingerprint density at radius 3 is 2.80 bits per heavy atom. The van der Waals surface area contributed by atoms with Gasteiger partial charge in [0.15, 0.2) is 5.82 Å². The lowest BCUT2D eigenvalue weighted by Crippen LogP contribution is -2.44. The minimum Gasteiger partial charge on any atom is -0.337 e. The SMILES string of the molecule is Cc1noc(CN(C)C(=O)N[C@H]2CCC[C@H]2Cc2ccc(F)cc2)n1. The van der Waals surface area contributed by atoms with Gasteiger partial charge in [0.1, 0.15) is 12.4 Å². The zero-order chi connectivity index (χ0) is 17.8. The molecule has 1 aliphatic carbocycles. The fourth-order valence-corrected chi connectivity index (χ4v) is 3.34. The van der Waals surface area contributed by atoms with Crippen molar-refractivity contribution in [2.75, 3.05) is 7.05 Å². The fraction of sp³-hybridized carbons (Fsp3) is 0.500. The summed E-state index contributed by atoms with van der Waals surface area (Å²) in [6.45, 7) is 2.02. The minimum absolute atomic E-state index is 0.129. The van der Waals surface area contributed by atoms with Gasteiger partial charge in [-0.05, 0) is 49.8 Å². The highest BCUT2D eigenvalue weighted by Gasteiger charge is 2.29. The summed E-state index contributed by atoms with van der Waals surface area (Å²) in [4.78, 5) is 18.1. The van der Waals surface area contributed by atoms with Crippen LogP contribution in [0.3, 0.4) is 0 Å². The van der Waals surface area contributed by atoms with E-state index in [9.17, 15) is 9.18 Å². The molecule has 1 aliphatic rings. The molecule has 0 aliphatic heterocycles. The predicted octanol–water partition coefficient (Wildman–Crippen LogP) is 3.07. The maximum Gasteiger partial charge on any atom is 0.317 e. The van der Waals surface area contributed by atoms with E-state index in [2.05, 4.69) is 15.5 Å². The number of amides is 2. The molecule has 1 fully saturated rings. The highest BCUT2D eigenvalue weighted by atomic mass is 19.1. The van der Waals surface area contributed by atoms with Gasteiger partial charge in [-0.3, -0.25) is 0 Å². The second kappa shape index (κ2) is 7.63. The van der Waals surface area contributed by atoms with Crippen molar-refractivity contribution in [2.24, 2.45) is 5.92 Å². The van der Waals surface area contributed by atoms with E-state index in [4.69, 9.17) is 4.52 Å². The van der Waals surface area contributed by atoms with E-state index in [1.54, 1.807) is 18.9 Å². The van der Waals surface area contributed by atoms with Crippen LogP contribution in [0.5, 0.6) is 0 Å². The average molecular weight is 346 g/mol. The number of hydrogen-bond donors (Lipinski definition) is 1. The van der Waals surface area contributed by atoms with Crippen LogP contribution in [0.15, 0.2) is 28.8 Å². The molecule has 1 saturated carbocycles. The molecule has 0 spiro atoms. The first kappa shape index (κ1) is 17.4. The Morgan fingerprint density at radius 2 is 2.12 bits per heavy atom. The quantitative estimate of drug-likeness (QED) is 0.903. The number of hydrogen-bond acceptors (Lipinski definition) is 4. The monoisotopic (exact) mass is 346 g/mol. The fourth-order valence-electron chi connectivity index (χ4n) is 3.34. The van der Waals surface area contributed by atoms with Crippen LogP contribution in [-0.4, -0.2) is 34.2 Å². The molecule has 2 atom stereocenters. The number of rotatable bonds is 5. The van der Waals surface area contributed by atoms with Gasteiger partial charge < -0.3 is 14.7 Å². The van der Waals surface area contributed by atoms with E-state index >= 15 is 0 Å². The Balaban J connectivity index is 1.55. The average Bonchev–Trinajstić information content (AvgIpc) is 3.19. The van der Waals surface area contributed by atoms with Crippen LogP contribution in [0.1, 0.15) is 36.5 Å². The molecule has 0 saturated heterocycles. The first-order valence-electron chi connectivity index (χ1n) is 8.56. The molecule has 6 nitrogen and oxygen atoms in total. The number of benzene rings is 1. The summed E-state index contributed by atoms with van der Waals surface area (Å²) in [5, 5.41) is 6.84. The van der Waals surface area contributed by atoms with E-state index < -0.39 is 0 Å². The van der Waals surface area contributed by atoms with Crippen LogP contribution in [0.25, 0.3) is 0 Å². The van der Waals surface area contributed by atoms with Crippen LogP contribution in [0, 0.1) is 18.7 Å². The smallest absolute Gasteiger partial charge is 0.317 e. The molecule has 1 heterocycles. The standard InChI is InChI=1S/C18H23FN4O2/c1-12-20-17(25-22-12)11-23(2)18(24)21-16-5-3-4-14(16)10-13-6-8-15(19)9-7-13/h6-9,14,16H,3-5,10-11H2,1-2H3,(H,21,24)/t14-,16-/m0/s1. The lowest BCUT2D eigenvalue weighted by atomic mass is 9.94. The third-order valence-corrected chi connectivity index (χ3v) is 4.67. The third-order valence-electron chi connectivity index (χ3n) is 4.67. The zero-order valence-corrected chi connectivity index (χ0v) is 14.5. The van der Waals surface area contributed by atoms with Crippen LogP contribution < -0.4 is 5.32 Å². The Morgan fingerprint density at radius 1 is 1.36 bits per heavy atom. The number of aryl methyl sites for hydroxylation is 1. The summed E-state index contributed by atoms with van der Waals surface area (Å²) in [6.07, 6.45) is 3.96. The number of carbonyl (C=O) groups excluding carboxylic acids is 1. The van der Waals surface area contributed by atoms with Crippen LogP contribution in [0.2, 0.25) is 0 Å². The van der Waals surface area contributed by atoms with Gasteiger partial charge in [-0.1, -0.05) is 23.7 Å². The van der Waals surface area contributed by atoms with Gasteiger partial charge in [0.2, 0.25) is 5.89 Å². The first-order chi connectivity index (χ1) is 12.0. The lowest BCUT2D eigenvalue weighted by molar-refractivity contribution is 0.192. The highest BCUT2D eigenvalue weighted by Crippen LogP contribution is 2.29. The van der Waals surface area contributed by atoms with Gasteiger partial charge in [-0.15, -0.1) is 0 Å². The van der Waals surface area contributed by atoms with E-state index in [1.165, 1.54) is 12.1 Å². The van der Waals surface area contributed by atoms with Crippen molar-refractivity contribution in [2.45, 2.75) is 45.2 Å². The molecule has 134 valence electrons. The summed E-state index contributed by atoms with van der Waals surface area (Å²) in [5.41, 5.74) is 1.10. The van der Waals surface area contributed by atoms with Gasteiger partial charge in [0.25, 0.3) is 0 Å². The highest BCUT2D eigenvalue weighted by molar-refractivity contribution is 5.74. The number of urea groups is 1. The Bertz CT molecular complexity index is 716. The normalized spacial score (nSPS) is 19.8. The second-order valence-corrected chi connectivity index (χ2v) is 6.67. The van der Waals surface area contributed by atoms with E-state index in [0.29, 0.717) is 17.6 Å². The van der Waals surface area contributed by atoms with Gasteiger partial charge in [-0.2, -0.15) is 4.98 Å². The van der Waals surface area contributed by atoms with Crippen LogP contribution >= 0.6 is 0 Å². The van der Waals surface area contributed by atoms with Crippen molar-refractivity contribution in [3.8, 4) is 0 Å². The number of nitrogens with one attached hydrogen (secondary N) is 1. The van der Waals surface area contributed by atoms with Crippen molar-refractivity contribution in [1.29, 1.82) is 0 Å². The summed E-state index contributed by atoms with van der Waals surface area (Å²) < 4.78 is 18.1. The number of carbonyl (C=O) groups is 1. The van der Waals surface area contributed by atoms with Crippen LogP contribution in [0.4, 0.5) is 9.18 Å². The van der Waals surface area contributed by atoms with E-state index in [0.717, 1.165) is 31.2 Å². The largest absolute Gasteiger partial charge is 0.337 e. The van der Waals surface area contributed by atoms with Crippen molar-refractivity contribution in [3.63, 3.8) is 0 Å². The maximum atomic E-state index is 13.0. The van der Waals surface area contributed by atoms with Crippen molar-refractivity contribution in [1.82, 2.24) is 20.4 Å². The second-order valence-electron chi connectivity index (χ2n) is 6.67. The summed E-state index contributed by atoms with van der Waals surface area (Å²) in [6, 6.07) is 6.58. The number of nitrogens with zero attached hydrogens (tertiary/aromatic N) is 3. The Labute approximate surface area is 146 Å². The topological polar surface area (TPSA) is 71.3 Å². The molecule has 2 aromatic rings. The zero-order valence-electron chi connectivity index (χ0n) is 14.5. The molecule has 0 radical (unpaired) electrons. The summed E-state index contributed by atoms with van der Waals surface area (Å²) in [7, 11) is 1.71. The molecule has 3 rings (SSSR count). The van der Waals surface area contributed by atoms with E-state index in [-0.39, 0.29) is 24.4 Å². The van der Waals surface area contributed by atoms with Gasteiger partial charge in [-0.25, -0.2) is 9.18 Å². The minimum atomic E-state index is -0.224. The molecule has 1 N–H and O–H groups in total. The van der Waals surface area contributed by atoms with Gasteiger partial charge in [0.05, 0.1) is 0 Å². The first-order valence-corrected chi connectivity index (χ1v) is 8.56. The third kappa shape index (κ3) is 4.55. The number of aromatic nitrogens is 2. The Hall–Kier alpha value is -2.44. The number of halogens is 1. The molecular formula is C18H23FN4O2. The molecule has 7 heteroatoms. The lowest BCUT2D eigenvalue weighted by Gasteiger charge is -2.24. The molecule has 0 bridgehead atoms. The van der Waals surface area contributed by atoms with Gasteiger partial charge >= 0.3 is 6.03 Å². The molecule has 2 amide bonds. The van der Waals surface area contributed by atoms with E-state index in [1.807, 2.05) is 12.1 Å². The Kier molecular flexibility index (Phi) is 5.31. The van der Waals surface area contributed by atoms with Crippen molar-refractivity contribution >= 4 is 6.03 Å². The molecule has 1 aromatic carbocycles.